The average Bonchev–Trinajstić information content (AvgIpc) is 2.99. The predicted molar refractivity (Wildman–Crippen MR) is 96.0 cm³/mol. The molecule has 0 radical (unpaired) electrons. The number of hydrogen-bond donors (Lipinski definition) is 3. The van der Waals surface area contributed by atoms with Gasteiger partial charge in [0.15, 0.2) is 11.6 Å². The Kier molecular flexibility index (Phi) is 5.43. The van der Waals surface area contributed by atoms with E-state index in [9.17, 15) is 13.9 Å². The van der Waals surface area contributed by atoms with Crippen LogP contribution in [0.2, 0.25) is 0 Å². The Bertz CT molecular complexity index is 899. The van der Waals surface area contributed by atoms with Gasteiger partial charge >= 0.3 is 0 Å². The van der Waals surface area contributed by atoms with Crippen LogP contribution in [0, 0.1) is 11.6 Å². The molecule has 1 atom stereocenters. The average molecular weight is 425 g/mol. The third kappa shape index (κ3) is 4.33. The van der Waals surface area contributed by atoms with Crippen LogP contribution >= 0.6 is 15.9 Å². The van der Waals surface area contributed by atoms with Gasteiger partial charge in [-0.05, 0) is 23.8 Å². The molecule has 1 unspecified atom stereocenters. The first-order chi connectivity index (χ1) is 12.4. The molecule has 1 aromatic carbocycles. The van der Waals surface area contributed by atoms with E-state index in [4.69, 9.17) is 0 Å². The molecule has 3 rings (SSSR count). The van der Waals surface area contributed by atoms with Crippen molar-refractivity contribution in [3.8, 4) is 0 Å². The maximum Gasteiger partial charge on any atom is 0.229 e. The molecule has 3 N–H and O–H groups in total. The lowest BCUT2D eigenvalue weighted by Crippen LogP contribution is -2.17. The smallest absolute Gasteiger partial charge is 0.229 e. The Hall–Kier alpha value is -2.59. The summed E-state index contributed by atoms with van der Waals surface area (Å²) in [5.74, 6) is -1.14. The fraction of sp³-hybridized carbons (Fsp3) is 0.188. The number of aromatic nitrogens is 4. The summed E-state index contributed by atoms with van der Waals surface area (Å²) in [7, 11) is 1.76. The second-order valence-electron chi connectivity index (χ2n) is 5.50. The molecule has 0 saturated heterocycles. The van der Waals surface area contributed by atoms with Crippen LogP contribution in [-0.2, 0) is 7.05 Å². The highest BCUT2D eigenvalue weighted by Gasteiger charge is 2.16. The number of aliphatic hydroxyl groups is 1. The number of aliphatic hydroxyl groups excluding tert-OH is 1. The van der Waals surface area contributed by atoms with Crippen molar-refractivity contribution >= 4 is 33.4 Å². The summed E-state index contributed by atoms with van der Waals surface area (Å²) >= 11 is 3.19. The first kappa shape index (κ1) is 18.2. The molecule has 10 heteroatoms. The van der Waals surface area contributed by atoms with Crippen molar-refractivity contribution in [2.75, 3.05) is 17.2 Å². The van der Waals surface area contributed by atoms with E-state index < -0.39 is 17.7 Å². The van der Waals surface area contributed by atoms with Crippen LogP contribution in [0.1, 0.15) is 11.6 Å². The van der Waals surface area contributed by atoms with Crippen LogP contribution in [0.25, 0.3) is 0 Å². The number of anilines is 3. The SMILES string of the molecule is Cn1cc(Nc2ncc(F)c(NC(CO)c3cc(F)cc(Br)c3)n2)cn1. The van der Waals surface area contributed by atoms with E-state index in [2.05, 4.69) is 41.6 Å². The summed E-state index contributed by atoms with van der Waals surface area (Å²) in [5.41, 5.74) is 1.08. The van der Waals surface area contributed by atoms with Gasteiger partial charge in [-0.2, -0.15) is 10.1 Å². The zero-order valence-corrected chi connectivity index (χ0v) is 15.2. The Balaban J connectivity index is 1.84. The largest absolute Gasteiger partial charge is 0.394 e. The molecule has 0 aliphatic carbocycles. The summed E-state index contributed by atoms with van der Waals surface area (Å²) in [6.45, 7) is -0.384. The Morgan fingerprint density at radius 2 is 2.08 bits per heavy atom. The van der Waals surface area contributed by atoms with E-state index in [1.807, 2.05) is 0 Å². The number of nitrogens with zero attached hydrogens (tertiary/aromatic N) is 4. The molecule has 0 amide bonds. The number of nitrogens with one attached hydrogen (secondary N) is 2. The van der Waals surface area contributed by atoms with Crippen molar-refractivity contribution in [2.45, 2.75) is 6.04 Å². The maximum atomic E-state index is 14.1. The lowest BCUT2D eigenvalue weighted by Gasteiger charge is -2.18. The van der Waals surface area contributed by atoms with Crippen molar-refractivity contribution in [1.82, 2.24) is 19.7 Å². The van der Waals surface area contributed by atoms with E-state index in [1.54, 1.807) is 30.2 Å². The van der Waals surface area contributed by atoms with Crippen LogP contribution < -0.4 is 10.6 Å². The van der Waals surface area contributed by atoms with Crippen molar-refractivity contribution in [1.29, 1.82) is 0 Å². The zero-order valence-electron chi connectivity index (χ0n) is 13.6. The van der Waals surface area contributed by atoms with E-state index in [0.717, 1.165) is 6.20 Å². The van der Waals surface area contributed by atoms with Crippen LogP contribution in [0.4, 0.5) is 26.2 Å². The molecule has 2 aromatic heterocycles. The number of halogens is 3. The van der Waals surface area contributed by atoms with Crippen LogP contribution in [-0.4, -0.2) is 31.5 Å². The standard InChI is InChI=1S/C16H15BrF2N6O/c1-25-7-12(5-21-25)22-16-20-6-13(19)15(24-16)23-14(8-26)9-2-10(17)4-11(18)3-9/h2-7,14,26H,8H2,1H3,(H2,20,22,23,24). The van der Waals surface area contributed by atoms with Gasteiger partial charge in [-0.15, -0.1) is 0 Å². The van der Waals surface area contributed by atoms with Gasteiger partial charge in [0.05, 0.1) is 30.7 Å². The highest BCUT2D eigenvalue weighted by atomic mass is 79.9. The topological polar surface area (TPSA) is 87.9 Å². The molecule has 3 aromatic rings. The Morgan fingerprint density at radius 3 is 2.73 bits per heavy atom. The third-order valence-electron chi connectivity index (χ3n) is 3.49. The fourth-order valence-corrected chi connectivity index (χ4v) is 2.80. The number of hydrogen-bond acceptors (Lipinski definition) is 6. The second kappa shape index (κ2) is 7.75. The minimum absolute atomic E-state index is 0.120. The zero-order chi connectivity index (χ0) is 18.7. The molecule has 0 spiro atoms. The van der Waals surface area contributed by atoms with Gasteiger partial charge < -0.3 is 15.7 Å². The van der Waals surface area contributed by atoms with Crippen LogP contribution in [0.3, 0.4) is 0 Å². The van der Waals surface area contributed by atoms with Gasteiger partial charge in [-0.1, -0.05) is 15.9 Å². The van der Waals surface area contributed by atoms with E-state index in [1.165, 1.54) is 12.1 Å². The summed E-state index contributed by atoms with van der Waals surface area (Å²) in [4.78, 5) is 7.95. The number of benzene rings is 1. The second-order valence-corrected chi connectivity index (χ2v) is 6.42. The van der Waals surface area contributed by atoms with Gasteiger partial charge in [0.25, 0.3) is 0 Å². The van der Waals surface area contributed by atoms with Crippen molar-refractivity contribution < 1.29 is 13.9 Å². The summed E-state index contributed by atoms with van der Waals surface area (Å²) in [6, 6.07) is 3.42. The van der Waals surface area contributed by atoms with Gasteiger partial charge in [-0.25, -0.2) is 13.8 Å². The minimum atomic E-state index is -0.752. The maximum absolute atomic E-state index is 14.1. The molecular weight excluding hydrogens is 410 g/mol. The first-order valence-electron chi connectivity index (χ1n) is 7.56. The highest BCUT2D eigenvalue weighted by Crippen LogP contribution is 2.25. The first-order valence-corrected chi connectivity index (χ1v) is 8.35. The molecule has 26 heavy (non-hydrogen) atoms. The molecule has 136 valence electrons. The van der Waals surface area contributed by atoms with E-state index in [-0.39, 0.29) is 18.4 Å². The van der Waals surface area contributed by atoms with Gasteiger partial charge in [0.2, 0.25) is 5.95 Å². The van der Waals surface area contributed by atoms with Crippen LogP contribution in [0.5, 0.6) is 0 Å². The third-order valence-corrected chi connectivity index (χ3v) is 3.94. The lowest BCUT2D eigenvalue weighted by molar-refractivity contribution is 0.275. The summed E-state index contributed by atoms with van der Waals surface area (Å²) < 4.78 is 29.8. The number of rotatable bonds is 6. The fourth-order valence-electron chi connectivity index (χ4n) is 2.32. The normalized spacial score (nSPS) is 12.0. The van der Waals surface area contributed by atoms with E-state index >= 15 is 0 Å². The molecule has 0 bridgehead atoms. The molecular formula is C16H15BrF2N6O. The monoisotopic (exact) mass is 424 g/mol. The summed E-state index contributed by atoms with van der Waals surface area (Å²) in [6.07, 6.45) is 4.28. The Labute approximate surface area is 156 Å². The molecule has 0 saturated carbocycles. The number of aryl methyl sites for hydroxylation is 1. The lowest BCUT2D eigenvalue weighted by atomic mass is 10.1. The Morgan fingerprint density at radius 1 is 1.27 bits per heavy atom. The van der Waals surface area contributed by atoms with E-state index in [0.29, 0.717) is 15.7 Å². The molecule has 2 heterocycles. The van der Waals surface area contributed by atoms with Gasteiger partial charge in [-0.3, -0.25) is 4.68 Å². The molecule has 0 aliphatic rings. The molecule has 0 aliphatic heterocycles. The minimum Gasteiger partial charge on any atom is -0.394 e. The predicted octanol–water partition coefficient (Wildman–Crippen LogP) is 3.14. The molecule has 7 nitrogen and oxygen atoms in total. The van der Waals surface area contributed by atoms with Crippen molar-refractivity contribution in [2.24, 2.45) is 7.05 Å². The summed E-state index contributed by atoms with van der Waals surface area (Å²) in [5, 5.41) is 19.3. The van der Waals surface area contributed by atoms with Crippen LogP contribution in [0.15, 0.2) is 41.3 Å². The molecule has 0 fully saturated rings. The van der Waals surface area contributed by atoms with Crippen molar-refractivity contribution in [3.05, 3.63) is 58.5 Å². The highest BCUT2D eigenvalue weighted by molar-refractivity contribution is 9.10. The van der Waals surface area contributed by atoms with Gasteiger partial charge in [0, 0.05) is 17.7 Å². The van der Waals surface area contributed by atoms with Gasteiger partial charge in [0.1, 0.15) is 5.82 Å². The quantitative estimate of drug-likeness (QED) is 0.563. The van der Waals surface area contributed by atoms with Crippen molar-refractivity contribution in [3.63, 3.8) is 0 Å².